The molecule has 1 saturated carbocycles. The van der Waals surface area contributed by atoms with Gasteiger partial charge in [-0.3, -0.25) is 4.79 Å². The molecule has 2 rings (SSSR count). The van der Waals surface area contributed by atoms with Gasteiger partial charge in [-0.25, -0.2) is 0 Å². The van der Waals surface area contributed by atoms with Crippen molar-refractivity contribution in [1.82, 2.24) is 0 Å². The summed E-state index contributed by atoms with van der Waals surface area (Å²) in [4.78, 5) is 11.6. The second-order valence-electron chi connectivity index (χ2n) is 6.72. The largest absolute Gasteiger partial charge is 0.504 e. The predicted octanol–water partition coefficient (Wildman–Crippen LogP) is 5.70. The normalized spacial score (nSPS) is 21.2. The van der Waals surface area contributed by atoms with E-state index >= 15 is 0 Å². The minimum absolute atomic E-state index is 0.0738. The molecule has 0 aromatic heterocycles. The molecule has 0 unspecified atom stereocenters. The number of Topliss-reactive ketones (excluding diaryl/α,β-unsaturated/α-hetero) is 1. The number of halogens is 3. The first-order valence-electron chi connectivity index (χ1n) is 8.91. The van der Waals surface area contributed by atoms with Crippen LogP contribution in [0.3, 0.4) is 0 Å². The molecule has 0 atom stereocenters. The van der Waals surface area contributed by atoms with Crippen LogP contribution in [0, 0.1) is 17.7 Å². The van der Waals surface area contributed by atoms with Crippen molar-refractivity contribution in [3.05, 3.63) is 23.5 Å². The van der Waals surface area contributed by atoms with Gasteiger partial charge in [0.2, 0.25) is 5.82 Å². The molecule has 1 aromatic carbocycles. The lowest BCUT2D eigenvalue weighted by Crippen LogP contribution is -2.37. The molecule has 1 fully saturated rings. The fourth-order valence-corrected chi connectivity index (χ4v) is 3.47. The van der Waals surface area contributed by atoms with Crippen molar-refractivity contribution >= 4 is 5.78 Å². The fraction of sp³-hybridized carbons (Fsp3) is 0.632. The van der Waals surface area contributed by atoms with Crippen molar-refractivity contribution in [3.63, 3.8) is 0 Å². The summed E-state index contributed by atoms with van der Waals surface area (Å²) in [7, 11) is 0. The average Bonchev–Trinajstić information content (AvgIpc) is 2.59. The van der Waals surface area contributed by atoms with Crippen LogP contribution in [0.1, 0.15) is 69.2 Å². The smallest absolute Gasteiger partial charge is 0.400 e. The Bertz CT molecular complexity index is 608. The van der Waals surface area contributed by atoms with E-state index in [1.54, 1.807) is 6.92 Å². The van der Waals surface area contributed by atoms with E-state index in [-0.39, 0.29) is 12.0 Å². The van der Waals surface area contributed by atoms with E-state index in [4.69, 9.17) is 0 Å². The van der Waals surface area contributed by atoms with Crippen molar-refractivity contribution in [3.8, 4) is 11.5 Å². The SMILES string of the molecule is CCCC1CCC(C(F)(F)Oc2ccc(C(=O)CC)c(O)c2F)CC1. The standard InChI is InChI=1S/C19H25F3O3/c1-3-5-12-6-8-13(9-7-12)19(21,22)25-16-11-10-14(15(23)4-2)18(24)17(16)20/h10-13,24H,3-9H2,1-2H3. The second-order valence-corrected chi connectivity index (χ2v) is 6.72. The second kappa shape index (κ2) is 8.11. The van der Waals surface area contributed by atoms with E-state index in [0.717, 1.165) is 37.8 Å². The number of hydrogen-bond acceptors (Lipinski definition) is 3. The number of benzene rings is 1. The Kier molecular flexibility index (Phi) is 6.36. The molecule has 3 nitrogen and oxygen atoms in total. The minimum atomic E-state index is -3.51. The highest BCUT2D eigenvalue weighted by Gasteiger charge is 2.44. The van der Waals surface area contributed by atoms with Crippen LogP contribution in [-0.2, 0) is 0 Å². The summed E-state index contributed by atoms with van der Waals surface area (Å²) >= 11 is 0. The Balaban J connectivity index is 2.10. The molecule has 0 amide bonds. The number of alkyl halides is 2. The molecule has 1 aliphatic carbocycles. The summed E-state index contributed by atoms with van der Waals surface area (Å²) in [5, 5.41) is 9.76. The zero-order chi connectivity index (χ0) is 18.6. The van der Waals surface area contributed by atoms with Crippen LogP contribution < -0.4 is 4.74 Å². The lowest BCUT2D eigenvalue weighted by Gasteiger charge is -2.33. The number of ether oxygens (including phenoxy) is 1. The summed E-state index contributed by atoms with van der Waals surface area (Å²) in [5.74, 6) is -3.96. The number of carbonyl (C=O) groups is 1. The first-order chi connectivity index (χ1) is 11.8. The lowest BCUT2D eigenvalue weighted by atomic mass is 9.79. The van der Waals surface area contributed by atoms with Gasteiger partial charge in [0.05, 0.1) is 11.5 Å². The summed E-state index contributed by atoms with van der Waals surface area (Å²) in [6.45, 7) is 3.64. The topological polar surface area (TPSA) is 46.5 Å². The lowest BCUT2D eigenvalue weighted by molar-refractivity contribution is -0.224. The molecule has 0 radical (unpaired) electrons. The molecular formula is C19H25F3O3. The predicted molar refractivity (Wildman–Crippen MR) is 88.6 cm³/mol. The van der Waals surface area contributed by atoms with E-state index in [1.807, 2.05) is 0 Å². The molecule has 0 heterocycles. The monoisotopic (exact) mass is 358 g/mol. The van der Waals surface area contributed by atoms with Crippen LogP contribution >= 0.6 is 0 Å². The van der Waals surface area contributed by atoms with Gasteiger partial charge < -0.3 is 9.84 Å². The highest BCUT2D eigenvalue weighted by Crippen LogP contribution is 2.42. The molecule has 1 aromatic rings. The highest BCUT2D eigenvalue weighted by molar-refractivity contribution is 5.98. The maximum atomic E-state index is 14.4. The van der Waals surface area contributed by atoms with Crippen LogP contribution in [-0.4, -0.2) is 17.0 Å². The van der Waals surface area contributed by atoms with Gasteiger partial charge in [0.1, 0.15) is 0 Å². The highest BCUT2D eigenvalue weighted by atomic mass is 19.3. The van der Waals surface area contributed by atoms with Crippen molar-refractivity contribution in [2.24, 2.45) is 11.8 Å². The number of aromatic hydroxyl groups is 1. The quantitative estimate of drug-likeness (QED) is 0.636. The van der Waals surface area contributed by atoms with Crippen LogP contribution in [0.4, 0.5) is 13.2 Å². The average molecular weight is 358 g/mol. The van der Waals surface area contributed by atoms with E-state index in [9.17, 15) is 23.1 Å². The van der Waals surface area contributed by atoms with Gasteiger partial charge in [0.15, 0.2) is 17.3 Å². The van der Waals surface area contributed by atoms with Gasteiger partial charge in [-0.2, -0.15) is 13.2 Å². The van der Waals surface area contributed by atoms with Gasteiger partial charge in [-0.1, -0.05) is 26.7 Å². The van der Waals surface area contributed by atoms with E-state index < -0.39 is 35.1 Å². The summed E-state index contributed by atoms with van der Waals surface area (Å²) in [5.41, 5.74) is -0.226. The number of rotatable bonds is 7. The van der Waals surface area contributed by atoms with Crippen molar-refractivity contribution < 1.29 is 27.8 Å². The Morgan fingerprint density at radius 2 is 1.88 bits per heavy atom. The molecule has 6 heteroatoms. The molecule has 140 valence electrons. The molecule has 0 saturated heterocycles. The van der Waals surface area contributed by atoms with Crippen LogP contribution in [0.25, 0.3) is 0 Å². The van der Waals surface area contributed by atoms with Gasteiger partial charge in [-0.15, -0.1) is 0 Å². The number of ketones is 1. The van der Waals surface area contributed by atoms with Crippen molar-refractivity contribution in [2.75, 3.05) is 0 Å². The molecule has 0 aliphatic heterocycles. The van der Waals surface area contributed by atoms with E-state index in [0.29, 0.717) is 18.8 Å². The summed E-state index contributed by atoms with van der Waals surface area (Å²) in [6.07, 6.45) is 0.731. The van der Waals surface area contributed by atoms with Crippen molar-refractivity contribution in [2.45, 2.75) is 64.9 Å². The van der Waals surface area contributed by atoms with Crippen molar-refractivity contribution in [1.29, 1.82) is 0 Å². The Hall–Kier alpha value is -1.72. The third kappa shape index (κ3) is 4.47. The third-order valence-electron chi connectivity index (χ3n) is 4.97. The Labute approximate surface area is 146 Å². The maximum Gasteiger partial charge on any atom is 0.400 e. The maximum absolute atomic E-state index is 14.4. The molecule has 0 bridgehead atoms. The molecule has 1 aliphatic rings. The first-order valence-corrected chi connectivity index (χ1v) is 8.91. The molecule has 25 heavy (non-hydrogen) atoms. The molecule has 0 spiro atoms. The van der Waals surface area contributed by atoms with E-state index in [2.05, 4.69) is 11.7 Å². The molecular weight excluding hydrogens is 333 g/mol. The van der Waals surface area contributed by atoms with Gasteiger partial charge in [0, 0.05) is 6.42 Å². The fourth-order valence-electron chi connectivity index (χ4n) is 3.47. The molecule has 1 N–H and O–H groups in total. The number of phenolic OH excluding ortho intramolecular Hbond substituents is 1. The van der Waals surface area contributed by atoms with Gasteiger partial charge in [-0.05, 0) is 43.7 Å². The van der Waals surface area contributed by atoms with Gasteiger partial charge >= 0.3 is 6.11 Å². The Morgan fingerprint density at radius 1 is 1.24 bits per heavy atom. The minimum Gasteiger partial charge on any atom is -0.504 e. The summed E-state index contributed by atoms with van der Waals surface area (Å²) in [6, 6.07) is 2.10. The zero-order valence-electron chi connectivity index (χ0n) is 14.7. The third-order valence-corrected chi connectivity index (χ3v) is 4.97. The van der Waals surface area contributed by atoms with E-state index in [1.165, 1.54) is 0 Å². The first kappa shape index (κ1) is 19.6. The Morgan fingerprint density at radius 3 is 2.44 bits per heavy atom. The summed E-state index contributed by atoms with van der Waals surface area (Å²) < 4.78 is 47.6. The van der Waals surface area contributed by atoms with Gasteiger partial charge in [0.25, 0.3) is 0 Å². The van der Waals surface area contributed by atoms with Crippen LogP contribution in [0.2, 0.25) is 0 Å². The number of hydrogen-bond donors (Lipinski definition) is 1. The zero-order valence-corrected chi connectivity index (χ0v) is 14.7. The van der Waals surface area contributed by atoms with Crippen LogP contribution in [0.5, 0.6) is 11.5 Å². The van der Waals surface area contributed by atoms with Crippen LogP contribution in [0.15, 0.2) is 12.1 Å². The number of carbonyl (C=O) groups excluding carboxylic acids is 1. The number of phenols is 1.